The number of hydrogen-bond acceptors (Lipinski definition) is 7. The second-order valence-electron chi connectivity index (χ2n) is 6.18. The van der Waals surface area contributed by atoms with Crippen LogP contribution in [0.15, 0.2) is 22.3 Å². The van der Waals surface area contributed by atoms with Gasteiger partial charge in [0.2, 0.25) is 11.7 Å². The Balaban J connectivity index is 1.72. The van der Waals surface area contributed by atoms with Crippen LogP contribution in [0.2, 0.25) is 0 Å². The third-order valence-electron chi connectivity index (χ3n) is 4.63. The van der Waals surface area contributed by atoms with Crippen LogP contribution in [-0.2, 0) is 13.1 Å². The zero-order chi connectivity index (χ0) is 18.3. The van der Waals surface area contributed by atoms with Crippen molar-refractivity contribution in [3.05, 3.63) is 34.2 Å². The first-order chi connectivity index (χ1) is 12.6. The first-order valence-corrected chi connectivity index (χ1v) is 9.45. The van der Waals surface area contributed by atoms with Gasteiger partial charge in [-0.05, 0) is 24.5 Å². The number of carbonyl (C=O) groups excluding carboxylic acids is 1. The Morgan fingerprint density at radius 3 is 2.92 bits per heavy atom. The number of thiophene rings is 1. The van der Waals surface area contributed by atoms with Crippen molar-refractivity contribution in [1.29, 1.82) is 0 Å². The van der Waals surface area contributed by atoms with Crippen LogP contribution in [0.5, 0.6) is 0 Å². The Morgan fingerprint density at radius 2 is 2.15 bits per heavy atom. The van der Waals surface area contributed by atoms with E-state index in [0.29, 0.717) is 35.4 Å². The maximum atomic E-state index is 12.6. The fourth-order valence-corrected chi connectivity index (χ4v) is 3.97. The zero-order valence-electron chi connectivity index (χ0n) is 15.0. The van der Waals surface area contributed by atoms with Gasteiger partial charge in [0.05, 0.1) is 24.5 Å². The molecule has 3 aromatic rings. The number of aromatic nitrogens is 4. The van der Waals surface area contributed by atoms with Gasteiger partial charge in [0.1, 0.15) is 16.9 Å². The number of rotatable bonds is 5. The molecule has 26 heavy (non-hydrogen) atoms. The average Bonchev–Trinajstić information content (AvgIpc) is 3.36. The predicted octanol–water partition coefficient (Wildman–Crippen LogP) is 2.41. The third-order valence-corrected chi connectivity index (χ3v) is 5.52. The van der Waals surface area contributed by atoms with Crippen molar-refractivity contribution in [1.82, 2.24) is 29.5 Å². The van der Waals surface area contributed by atoms with E-state index in [1.807, 2.05) is 16.0 Å². The summed E-state index contributed by atoms with van der Waals surface area (Å²) in [6.07, 6.45) is 1.73. The molecule has 4 rings (SSSR count). The van der Waals surface area contributed by atoms with Crippen LogP contribution in [0.1, 0.15) is 35.1 Å². The van der Waals surface area contributed by atoms with Crippen molar-refractivity contribution < 1.29 is 9.32 Å². The minimum atomic E-state index is 0.0139. The first-order valence-electron chi connectivity index (χ1n) is 8.57. The lowest BCUT2D eigenvalue weighted by Gasteiger charge is -2.14. The summed E-state index contributed by atoms with van der Waals surface area (Å²) in [5.41, 5.74) is 2.39. The van der Waals surface area contributed by atoms with Gasteiger partial charge >= 0.3 is 0 Å². The van der Waals surface area contributed by atoms with Crippen LogP contribution >= 0.6 is 11.3 Å². The van der Waals surface area contributed by atoms with Crippen molar-refractivity contribution >= 4 is 17.2 Å². The molecule has 1 amide bonds. The fourth-order valence-electron chi connectivity index (χ4n) is 3.10. The van der Waals surface area contributed by atoms with Crippen molar-refractivity contribution in [2.45, 2.75) is 26.9 Å². The van der Waals surface area contributed by atoms with E-state index < -0.39 is 0 Å². The Kier molecular flexibility index (Phi) is 4.33. The Hall–Kier alpha value is -2.52. The molecule has 0 saturated carbocycles. The molecule has 136 valence electrons. The maximum absolute atomic E-state index is 12.6. The molecular weight excluding hydrogens is 352 g/mol. The highest BCUT2D eigenvalue weighted by molar-refractivity contribution is 7.12. The lowest BCUT2D eigenvalue weighted by molar-refractivity contribution is 0.0792. The molecule has 0 aliphatic carbocycles. The van der Waals surface area contributed by atoms with E-state index in [1.54, 1.807) is 18.3 Å². The number of fused-ring (bicyclic) bond motifs is 3. The molecule has 0 radical (unpaired) electrons. The number of carbonyl (C=O) groups is 1. The van der Waals surface area contributed by atoms with Crippen molar-refractivity contribution in [3.63, 3.8) is 0 Å². The van der Waals surface area contributed by atoms with Gasteiger partial charge in [-0.2, -0.15) is 4.98 Å². The van der Waals surface area contributed by atoms with Crippen LogP contribution in [0.25, 0.3) is 17.2 Å². The number of imidazole rings is 1. The summed E-state index contributed by atoms with van der Waals surface area (Å²) in [6.45, 7) is 7.09. The summed E-state index contributed by atoms with van der Waals surface area (Å²) in [7, 11) is 1.79. The zero-order valence-corrected chi connectivity index (χ0v) is 15.8. The molecule has 1 aliphatic heterocycles. The van der Waals surface area contributed by atoms with E-state index in [0.717, 1.165) is 24.5 Å². The summed E-state index contributed by atoms with van der Waals surface area (Å²) in [4.78, 5) is 26.2. The van der Waals surface area contributed by atoms with Crippen LogP contribution in [-0.4, -0.2) is 55.5 Å². The van der Waals surface area contributed by atoms with Crippen LogP contribution in [0, 0.1) is 0 Å². The van der Waals surface area contributed by atoms with E-state index in [-0.39, 0.29) is 5.91 Å². The molecule has 8 nitrogen and oxygen atoms in total. The second-order valence-corrected chi connectivity index (χ2v) is 7.10. The fraction of sp³-hybridized carbons (Fsp3) is 0.412. The third kappa shape index (κ3) is 2.73. The van der Waals surface area contributed by atoms with E-state index >= 15 is 0 Å². The van der Waals surface area contributed by atoms with E-state index in [9.17, 15) is 4.79 Å². The Labute approximate surface area is 155 Å². The van der Waals surface area contributed by atoms with Gasteiger partial charge in [0, 0.05) is 7.05 Å². The molecule has 0 fully saturated rings. The van der Waals surface area contributed by atoms with Crippen LogP contribution in [0.3, 0.4) is 0 Å². The lowest BCUT2D eigenvalue weighted by Crippen LogP contribution is -2.24. The number of nitrogens with zero attached hydrogens (tertiary/aromatic N) is 6. The highest BCUT2D eigenvalue weighted by Gasteiger charge is 2.29. The monoisotopic (exact) mass is 372 g/mol. The molecule has 0 spiro atoms. The maximum Gasteiger partial charge on any atom is 0.266 e. The summed E-state index contributed by atoms with van der Waals surface area (Å²) in [5.74, 6) is 1.04. The molecular formula is C17H20N6O2S. The SMILES string of the molecule is CCN(CC)Cc1nc(-c2ncn3c2CN(C)C(=O)c2sccc2-3)no1. The smallest absolute Gasteiger partial charge is 0.266 e. The first kappa shape index (κ1) is 16.9. The molecule has 0 atom stereocenters. The van der Waals surface area contributed by atoms with Crippen molar-refractivity contribution in [2.24, 2.45) is 0 Å². The van der Waals surface area contributed by atoms with Gasteiger partial charge in [0.25, 0.3) is 5.91 Å². The van der Waals surface area contributed by atoms with Crippen LogP contribution in [0.4, 0.5) is 0 Å². The standard InChI is InChI=1S/C17H20N6O2S/c1-4-22(5-2)9-13-19-16(20-25-13)14-12-8-21(3)17(24)15-11(6-7-26-15)23(12)10-18-14/h6-7,10H,4-5,8-9H2,1-3H3. The quantitative estimate of drug-likeness (QED) is 0.684. The minimum absolute atomic E-state index is 0.0139. The summed E-state index contributed by atoms with van der Waals surface area (Å²) in [6, 6.07) is 1.94. The second kappa shape index (κ2) is 6.65. The summed E-state index contributed by atoms with van der Waals surface area (Å²) >= 11 is 1.44. The highest BCUT2D eigenvalue weighted by atomic mass is 32.1. The van der Waals surface area contributed by atoms with Crippen molar-refractivity contribution in [2.75, 3.05) is 20.1 Å². The van der Waals surface area contributed by atoms with Gasteiger partial charge in [-0.25, -0.2) is 4.98 Å². The van der Waals surface area contributed by atoms with Gasteiger partial charge in [-0.3, -0.25) is 14.3 Å². The molecule has 0 aromatic carbocycles. The van der Waals surface area contributed by atoms with Gasteiger partial charge in [-0.15, -0.1) is 11.3 Å². The molecule has 9 heteroatoms. The molecule has 0 unspecified atom stereocenters. The average molecular weight is 372 g/mol. The largest absolute Gasteiger partial charge is 0.337 e. The normalized spacial score (nSPS) is 13.8. The summed E-state index contributed by atoms with van der Waals surface area (Å²) in [5, 5.41) is 6.04. The summed E-state index contributed by atoms with van der Waals surface area (Å²) < 4.78 is 7.36. The predicted molar refractivity (Wildman–Crippen MR) is 97.2 cm³/mol. The molecule has 0 N–H and O–H groups in total. The van der Waals surface area contributed by atoms with Crippen LogP contribution < -0.4 is 0 Å². The van der Waals surface area contributed by atoms with E-state index in [1.165, 1.54) is 11.3 Å². The topological polar surface area (TPSA) is 80.3 Å². The molecule has 0 saturated heterocycles. The van der Waals surface area contributed by atoms with Gasteiger partial charge in [-0.1, -0.05) is 19.0 Å². The van der Waals surface area contributed by atoms with Crippen molar-refractivity contribution in [3.8, 4) is 17.2 Å². The Bertz CT molecular complexity index is 939. The Morgan fingerprint density at radius 1 is 1.35 bits per heavy atom. The number of hydrogen-bond donors (Lipinski definition) is 0. The molecule has 0 bridgehead atoms. The van der Waals surface area contributed by atoms with E-state index in [2.05, 4.69) is 33.9 Å². The highest BCUT2D eigenvalue weighted by Crippen LogP contribution is 2.31. The van der Waals surface area contributed by atoms with Gasteiger partial charge in [0.15, 0.2) is 0 Å². The molecule has 4 heterocycles. The lowest BCUT2D eigenvalue weighted by atomic mass is 10.3. The molecule has 1 aliphatic rings. The van der Waals surface area contributed by atoms with E-state index in [4.69, 9.17) is 4.52 Å². The minimum Gasteiger partial charge on any atom is -0.337 e. The molecule has 3 aromatic heterocycles. The van der Waals surface area contributed by atoms with Gasteiger partial charge < -0.3 is 9.42 Å². The number of amides is 1.